The molecule has 0 aliphatic carbocycles. The largest absolute Gasteiger partial charge is 0.478 e. The molecule has 0 amide bonds. The van der Waals surface area contributed by atoms with Crippen LogP contribution in [0.5, 0.6) is 0 Å². The van der Waals surface area contributed by atoms with Crippen LogP contribution in [0.2, 0.25) is 0 Å². The van der Waals surface area contributed by atoms with Gasteiger partial charge in [-0.1, -0.05) is 30.3 Å². The molecular weight excluding hydrogens is 283 g/mol. The van der Waals surface area contributed by atoms with Crippen LogP contribution in [0.4, 0.5) is 4.39 Å². The highest BCUT2D eigenvalue weighted by atomic mass is 32.2. The van der Waals surface area contributed by atoms with Crippen molar-refractivity contribution in [3.63, 3.8) is 0 Å². The summed E-state index contributed by atoms with van der Waals surface area (Å²) in [6.45, 7) is 0. The van der Waals surface area contributed by atoms with Gasteiger partial charge in [0.2, 0.25) is 0 Å². The summed E-state index contributed by atoms with van der Waals surface area (Å²) in [6.07, 6.45) is 0. The number of sulfone groups is 1. The van der Waals surface area contributed by atoms with E-state index in [1.54, 1.807) is 0 Å². The molecular formula is C14H11FO4S. The van der Waals surface area contributed by atoms with Gasteiger partial charge in [-0.15, -0.1) is 0 Å². The van der Waals surface area contributed by atoms with Gasteiger partial charge in [0.1, 0.15) is 5.82 Å². The van der Waals surface area contributed by atoms with E-state index in [1.807, 2.05) is 0 Å². The molecule has 20 heavy (non-hydrogen) atoms. The van der Waals surface area contributed by atoms with Crippen molar-refractivity contribution < 1.29 is 22.7 Å². The number of carboxylic acids is 1. The molecule has 0 spiro atoms. The van der Waals surface area contributed by atoms with Gasteiger partial charge in [-0.25, -0.2) is 17.6 Å². The molecule has 4 nitrogen and oxygen atoms in total. The van der Waals surface area contributed by atoms with Crippen LogP contribution in [0.15, 0.2) is 53.4 Å². The molecule has 0 atom stereocenters. The Hall–Kier alpha value is -2.21. The highest BCUT2D eigenvalue weighted by Crippen LogP contribution is 2.21. The van der Waals surface area contributed by atoms with Crippen LogP contribution in [0.1, 0.15) is 15.9 Å². The lowest BCUT2D eigenvalue weighted by Crippen LogP contribution is -2.11. The molecule has 6 heteroatoms. The van der Waals surface area contributed by atoms with Crippen LogP contribution in [0, 0.1) is 5.82 Å². The molecule has 2 aromatic rings. The normalized spacial score (nSPS) is 11.2. The van der Waals surface area contributed by atoms with Crippen LogP contribution < -0.4 is 0 Å². The first-order chi connectivity index (χ1) is 9.42. The summed E-state index contributed by atoms with van der Waals surface area (Å²) in [7, 11) is -3.93. The maximum atomic E-state index is 13.5. The lowest BCUT2D eigenvalue weighted by atomic mass is 10.2. The highest BCUT2D eigenvalue weighted by molar-refractivity contribution is 7.90. The molecule has 0 heterocycles. The molecule has 0 radical (unpaired) electrons. The van der Waals surface area contributed by atoms with E-state index >= 15 is 0 Å². The van der Waals surface area contributed by atoms with Crippen LogP contribution in [0.25, 0.3) is 0 Å². The number of aromatic carboxylic acids is 1. The van der Waals surface area contributed by atoms with Crippen molar-refractivity contribution in [2.24, 2.45) is 0 Å². The Morgan fingerprint density at radius 3 is 2.30 bits per heavy atom. The molecule has 104 valence electrons. The summed E-state index contributed by atoms with van der Waals surface area (Å²) < 4.78 is 38.0. The van der Waals surface area contributed by atoms with Crippen molar-refractivity contribution in [3.05, 3.63) is 65.5 Å². The number of hydrogen-bond donors (Lipinski definition) is 1. The lowest BCUT2D eigenvalue weighted by Gasteiger charge is -2.08. The molecule has 0 aromatic heterocycles. The van der Waals surface area contributed by atoms with E-state index in [9.17, 15) is 17.6 Å². The molecule has 0 aliphatic heterocycles. The van der Waals surface area contributed by atoms with Gasteiger partial charge in [0.05, 0.1) is 16.2 Å². The zero-order valence-corrected chi connectivity index (χ0v) is 11.1. The second kappa shape index (κ2) is 5.42. The van der Waals surface area contributed by atoms with Crippen molar-refractivity contribution in [2.45, 2.75) is 10.6 Å². The van der Waals surface area contributed by atoms with E-state index in [0.717, 1.165) is 6.07 Å². The third kappa shape index (κ3) is 2.85. The first-order valence-electron chi connectivity index (χ1n) is 5.70. The van der Waals surface area contributed by atoms with Crippen molar-refractivity contribution in [1.29, 1.82) is 0 Å². The van der Waals surface area contributed by atoms with Gasteiger partial charge in [-0.2, -0.15) is 0 Å². The summed E-state index contributed by atoms with van der Waals surface area (Å²) in [6, 6.07) is 10.8. The van der Waals surface area contributed by atoms with Crippen LogP contribution in [-0.4, -0.2) is 19.5 Å². The van der Waals surface area contributed by atoms with E-state index in [0.29, 0.717) is 0 Å². The fourth-order valence-electron chi connectivity index (χ4n) is 1.81. The van der Waals surface area contributed by atoms with Crippen molar-refractivity contribution in [3.8, 4) is 0 Å². The number of rotatable bonds is 4. The number of carboxylic acid groups (broad SMARTS) is 1. The third-order valence-electron chi connectivity index (χ3n) is 2.76. The zero-order valence-electron chi connectivity index (χ0n) is 10.3. The van der Waals surface area contributed by atoms with E-state index in [-0.39, 0.29) is 16.0 Å². The Morgan fingerprint density at radius 1 is 1.05 bits per heavy atom. The Kier molecular flexibility index (Phi) is 3.85. The SMILES string of the molecule is O=C(O)c1ccccc1S(=O)(=O)Cc1ccccc1F. The summed E-state index contributed by atoms with van der Waals surface area (Å²) in [5, 5.41) is 9.01. The fraction of sp³-hybridized carbons (Fsp3) is 0.0714. The average molecular weight is 294 g/mol. The average Bonchev–Trinajstić information content (AvgIpc) is 2.41. The lowest BCUT2D eigenvalue weighted by molar-refractivity contribution is 0.0692. The summed E-state index contributed by atoms with van der Waals surface area (Å²) in [5.41, 5.74) is -0.309. The second-order valence-electron chi connectivity index (χ2n) is 4.15. The minimum atomic E-state index is -3.93. The fourth-order valence-corrected chi connectivity index (χ4v) is 3.39. The number of carbonyl (C=O) groups is 1. The smallest absolute Gasteiger partial charge is 0.337 e. The standard InChI is InChI=1S/C14H11FO4S/c15-12-7-3-1-5-10(12)9-20(18,19)13-8-4-2-6-11(13)14(16)17/h1-8H,9H2,(H,16,17). The Labute approximate surface area is 115 Å². The Morgan fingerprint density at radius 2 is 1.65 bits per heavy atom. The zero-order chi connectivity index (χ0) is 14.8. The molecule has 2 rings (SSSR count). The summed E-state index contributed by atoms with van der Waals surface area (Å²) in [5.74, 6) is -2.55. The van der Waals surface area contributed by atoms with Gasteiger partial charge >= 0.3 is 5.97 Å². The van der Waals surface area contributed by atoms with Crippen molar-refractivity contribution in [2.75, 3.05) is 0 Å². The van der Waals surface area contributed by atoms with Gasteiger partial charge < -0.3 is 5.11 Å². The van der Waals surface area contributed by atoms with Crippen LogP contribution in [-0.2, 0) is 15.6 Å². The number of benzene rings is 2. The third-order valence-corrected chi connectivity index (χ3v) is 4.47. The number of halogens is 1. The summed E-state index contributed by atoms with van der Waals surface area (Å²) in [4.78, 5) is 10.7. The van der Waals surface area contributed by atoms with Gasteiger partial charge in [0.15, 0.2) is 9.84 Å². The quantitative estimate of drug-likeness (QED) is 0.940. The highest BCUT2D eigenvalue weighted by Gasteiger charge is 2.23. The van der Waals surface area contributed by atoms with E-state index in [1.165, 1.54) is 42.5 Å². The van der Waals surface area contributed by atoms with Crippen LogP contribution in [0.3, 0.4) is 0 Å². The maximum absolute atomic E-state index is 13.5. The van der Waals surface area contributed by atoms with Gasteiger partial charge in [0.25, 0.3) is 0 Å². The molecule has 2 aromatic carbocycles. The minimum Gasteiger partial charge on any atom is -0.478 e. The second-order valence-corrected chi connectivity index (χ2v) is 6.11. The maximum Gasteiger partial charge on any atom is 0.337 e. The predicted molar refractivity (Wildman–Crippen MR) is 70.7 cm³/mol. The molecule has 0 unspecified atom stereocenters. The van der Waals surface area contributed by atoms with Crippen LogP contribution >= 0.6 is 0 Å². The van der Waals surface area contributed by atoms with Gasteiger partial charge in [-0.3, -0.25) is 0 Å². The predicted octanol–water partition coefficient (Wildman–Crippen LogP) is 2.50. The Bertz CT molecular complexity index is 753. The molecule has 0 fully saturated rings. The van der Waals surface area contributed by atoms with E-state index < -0.39 is 27.4 Å². The molecule has 0 saturated carbocycles. The first kappa shape index (κ1) is 14.2. The molecule has 1 N–H and O–H groups in total. The first-order valence-corrected chi connectivity index (χ1v) is 7.35. The van der Waals surface area contributed by atoms with E-state index in [4.69, 9.17) is 5.11 Å². The van der Waals surface area contributed by atoms with Crippen molar-refractivity contribution in [1.82, 2.24) is 0 Å². The summed E-state index contributed by atoms with van der Waals surface area (Å²) >= 11 is 0. The molecule has 0 aliphatic rings. The molecule has 0 saturated heterocycles. The van der Waals surface area contributed by atoms with Crippen molar-refractivity contribution >= 4 is 15.8 Å². The topological polar surface area (TPSA) is 71.4 Å². The minimum absolute atomic E-state index is 0.00712. The number of hydrogen-bond acceptors (Lipinski definition) is 3. The monoisotopic (exact) mass is 294 g/mol. The Balaban J connectivity index is 2.47. The van der Waals surface area contributed by atoms with Gasteiger partial charge in [0, 0.05) is 5.56 Å². The van der Waals surface area contributed by atoms with Gasteiger partial charge in [-0.05, 0) is 18.2 Å². The van der Waals surface area contributed by atoms with E-state index in [2.05, 4.69) is 0 Å². The molecule has 0 bridgehead atoms.